The van der Waals surface area contributed by atoms with E-state index in [1.54, 1.807) is 6.92 Å². The van der Waals surface area contributed by atoms with Crippen molar-refractivity contribution >= 4 is 11.7 Å². The summed E-state index contributed by atoms with van der Waals surface area (Å²) in [5, 5.41) is 11.9. The Hall–Kier alpha value is -1.84. The fourth-order valence-corrected chi connectivity index (χ4v) is 1.17. The van der Waals surface area contributed by atoms with Crippen molar-refractivity contribution in [3.05, 3.63) is 35.7 Å². The van der Waals surface area contributed by atoms with Crippen LogP contribution in [-0.4, -0.2) is 22.6 Å². The average molecular weight is 206 g/mol. The molecular formula is C11H14N2O2. The Kier molecular flexibility index (Phi) is 3.85. The van der Waals surface area contributed by atoms with Crippen molar-refractivity contribution < 1.29 is 9.90 Å². The molecule has 1 aromatic rings. The van der Waals surface area contributed by atoms with E-state index in [1.807, 2.05) is 25.1 Å². The molecule has 1 rings (SSSR count). The number of carboxylic acids is 1. The van der Waals surface area contributed by atoms with E-state index in [0.29, 0.717) is 12.2 Å². The molecule has 1 heterocycles. The molecule has 0 aliphatic carbocycles. The van der Waals surface area contributed by atoms with Crippen LogP contribution in [-0.2, 0) is 0 Å². The standard InChI is InChI=1S/C11H14N2O2/c1-3-4-5-12-9-6-8(2)13-10(7-9)11(14)15/h3-4,6-7H,5H2,1-2H3,(H,12,13)(H,14,15)/b4-3+. The first-order chi connectivity index (χ1) is 7.13. The SMILES string of the molecule is C/C=C/CNc1cc(C)nc(C(=O)O)c1. The lowest BCUT2D eigenvalue weighted by molar-refractivity contribution is 0.0690. The van der Waals surface area contributed by atoms with E-state index in [2.05, 4.69) is 10.3 Å². The van der Waals surface area contributed by atoms with Gasteiger partial charge in [-0.1, -0.05) is 12.2 Å². The number of nitrogens with zero attached hydrogens (tertiary/aromatic N) is 1. The third-order valence-corrected chi connectivity index (χ3v) is 1.83. The Labute approximate surface area is 88.7 Å². The van der Waals surface area contributed by atoms with Gasteiger partial charge >= 0.3 is 5.97 Å². The number of aromatic nitrogens is 1. The fraction of sp³-hybridized carbons (Fsp3) is 0.273. The van der Waals surface area contributed by atoms with Gasteiger partial charge in [0.05, 0.1) is 0 Å². The van der Waals surface area contributed by atoms with Gasteiger partial charge in [0.2, 0.25) is 0 Å². The Morgan fingerprint density at radius 1 is 1.60 bits per heavy atom. The number of hydrogen-bond acceptors (Lipinski definition) is 3. The van der Waals surface area contributed by atoms with Gasteiger partial charge in [-0.15, -0.1) is 0 Å². The molecular weight excluding hydrogens is 192 g/mol. The molecule has 1 aromatic heterocycles. The van der Waals surface area contributed by atoms with Crippen LogP contribution in [0.25, 0.3) is 0 Å². The summed E-state index contributed by atoms with van der Waals surface area (Å²) in [6.45, 7) is 4.38. The Bertz CT molecular complexity index is 386. The molecule has 0 saturated heterocycles. The Balaban J connectivity index is 2.84. The molecule has 0 aliphatic heterocycles. The number of pyridine rings is 1. The fourth-order valence-electron chi connectivity index (χ4n) is 1.17. The zero-order valence-electron chi connectivity index (χ0n) is 8.82. The van der Waals surface area contributed by atoms with Crippen molar-refractivity contribution in [3.63, 3.8) is 0 Å². The topological polar surface area (TPSA) is 62.2 Å². The van der Waals surface area contributed by atoms with Crippen molar-refractivity contribution in [3.8, 4) is 0 Å². The van der Waals surface area contributed by atoms with Gasteiger partial charge in [-0.3, -0.25) is 0 Å². The van der Waals surface area contributed by atoms with E-state index in [4.69, 9.17) is 5.11 Å². The van der Waals surface area contributed by atoms with Gasteiger partial charge in [0.1, 0.15) is 0 Å². The van der Waals surface area contributed by atoms with E-state index >= 15 is 0 Å². The van der Waals surface area contributed by atoms with Gasteiger partial charge in [0.25, 0.3) is 0 Å². The van der Waals surface area contributed by atoms with Crippen LogP contribution in [0.5, 0.6) is 0 Å². The lowest BCUT2D eigenvalue weighted by Crippen LogP contribution is -2.05. The first-order valence-electron chi connectivity index (χ1n) is 4.70. The predicted molar refractivity (Wildman–Crippen MR) is 59.2 cm³/mol. The van der Waals surface area contributed by atoms with Crippen LogP contribution < -0.4 is 5.32 Å². The molecule has 0 radical (unpaired) electrons. The van der Waals surface area contributed by atoms with Crippen LogP contribution in [0.4, 0.5) is 5.69 Å². The average Bonchev–Trinajstić information content (AvgIpc) is 2.17. The quantitative estimate of drug-likeness (QED) is 0.740. The third kappa shape index (κ3) is 3.42. The van der Waals surface area contributed by atoms with Gasteiger partial charge < -0.3 is 10.4 Å². The number of allylic oxidation sites excluding steroid dienone is 1. The highest BCUT2D eigenvalue weighted by atomic mass is 16.4. The van der Waals surface area contributed by atoms with Gasteiger partial charge in [0.15, 0.2) is 5.69 Å². The molecule has 2 N–H and O–H groups in total. The molecule has 0 spiro atoms. The van der Waals surface area contributed by atoms with E-state index < -0.39 is 5.97 Å². The molecule has 0 amide bonds. The maximum atomic E-state index is 10.7. The molecule has 80 valence electrons. The molecule has 0 aromatic carbocycles. The number of anilines is 1. The van der Waals surface area contributed by atoms with Gasteiger partial charge in [-0.2, -0.15) is 0 Å². The van der Waals surface area contributed by atoms with Crippen LogP contribution in [0.2, 0.25) is 0 Å². The minimum Gasteiger partial charge on any atom is -0.477 e. The van der Waals surface area contributed by atoms with E-state index in [9.17, 15) is 4.79 Å². The monoisotopic (exact) mass is 206 g/mol. The molecule has 0 fully saturated rings. The first-order valence-corrected chi connectivity index (χ1v) is 4.70. The molecule has 0 aliphatic rings. The number of carbonyl (C=O) groups is 1. The largest absolute Gasteiger partial charge is 0.477 e. The van der Waals surface area contributed by atoms with Crippen LogP contribution in [0, 0.1) is 6.92 Å². The predicted octanol–water partition coefficient (Wildman–Crippen LogP) is 2.08. The van der Waals surface area contributed by atoms with E-state index in [-0.39, 0.29) is 5.69 Å². The van der Waals surface area contributed by atoms with Crippen molar-refractivity contribution in [2.24, 2.45) is 0 Å². The van der Waals surface area contributed by atoms with Crippen LogP contribution in [0.1, 0.15) is 23.1 Å². The number of nitrogens with one attached hydrogen (secondary N) is 1. The summed E-state index contributed by atoms with van der Waals surface area (Å²) in [5.74, 6) is -1.01. The number of carboxylic acid groups (broad SMARTS) is 1. The van der Waals surface area contributed by atoms with E-state index in [1.165, 1.54) is 6.07 Å². The van der Waals surface area contributed by atoms with Gasteiger partial charge in [-0.05, 0) is 26.0 Å². The highest BCUT2D eigenvalue weighted by Crippen LogP contribution is 2.10. The molecule has 0 unspecified atom stereocenters. The van der Waals surface area contributed by atoms with Crippen LogP contribution >= 0.6 is 0 Å². The molecule has 0 bridgehead atoms. The maximum Gasteiger partial charge on any atom is 0.354 e. The summed E-state index contributed by atoms with van der Waals surface area (Å²) >= 11 is 0. The molecule has 4 nitrogen and oxygen atoms in total. The number of aryl methyl sites for hydroxylation is 1. The molecule has 15 heavy (non-hydrogen) atoms. The van der Waals surface area contributed by atoms with Crippen molar-refractivity contribution in [2.75, 3.05) is 11.9 Å². The number of aromatic carboxylic acids is 1. The minimum atomic E-state index is -1.01. The smallest absolute Gasteiger partial charge is 0.354 e. The second kappa shape index (κ2) is 5.14. The lowest BCUT2D eigenvalue weighted by Gasteiger charge is -2.05. The lowest BCUT2D eigenvalue weighted by atomic mass is 10.2. The van der Waals surface area contributed by atoms with Crippen LogP contribution in [0.15, 0.2) is 24.3 Å². The normalized spacial score (nSPS) is 10.5. The zero-order chi connectivity index (χ0) is 11.3. The maximum absolute atomic E-state index is 10.7. The summed E-state index contributed by atoms with van der Waals surface area (Å²) in [6.07, 6.45) is 3.88. The zero-order valence-corrected chi connectivity index (χ0v) is 8.82. The van der Waals surface area contributed by atoms with Gasteiger partial charge in [-0.25, -0.2) is 9.78 Å². The Morgan fingerprint density at radius 3 is 2.93 bits per heavy atom. The highest BCUT2D eigenvalue weighted by Gasteiger charge is 2.06. The highest BCUT2D eigenvalue weighted by molar-refractivity contribution is 5.86. The molecule has 0 atom stereocenters. The van der Waals surface area contributed by atoms with Gasteiger partial charge in [0, 0.05) is 17.9 Å². The summed E-state index contributed by atoms with van der Waals surface area (Å²) < 4.78 is 0. The van der Waals surface area contributed by atoms with E-state index in [0.717, 1.165) is 5.69 Å². The third-order valence-electron chi connectivity index (χ3n) is 1.83. The second-order valence-corrected chi connectivity index (χ2v) is 3.14. The summed E-state index contributed by atoms with van der Waals surface area (Å²) in [4.78, 5) is 14.6. The number of rotatable bonds is 4. The van der Waals surface area contributed by atoms with Crippen LogP contribution in [0.3, 0.4) is 0 Å². The second-order valence-electron chi connectivity index (χ2n) is 3.14. The summed E-state index contributed by atoms with van der Waals surface area (Å²) in [7, 11) is 0. The minimum absolute atomic E-state index is 0.0676. The van der Waals surface area contributed by atoms with Crippen molar-refractivity contribution in [1.29, 1.82) is 0 Å². The van der Waals surface area contributed by atoms with Crippen molar-refractivity contribution in [2.45, 2.75) is 13.8 Å². The Morgan fingerprint density at radius 2 is 2.33 bits per heavy atom. The molecule has 4 heteroatoms. The molecule has 0 saturated carbocycles. The van der Waals surface area contributed by atoms with Crippen molar-refractivity contribution in [1.82, 2.24) is 4.98 Å². The number of hydrogen-bond donors (Lipinski definition) is 2. The first kappa shape index (κ1) is 11.2. The summed E-state index contributed by atoms with van der Waals surface area (Å²) in [6, 6.07) is 3.34. The summed E-state index contributed by atoms with van der Waals surface area (Å²) in [5.41, 5.74) is 1.54.